The van der Waals surface area contributed by atoms with Crippen molar-refractivity contribution in [3.05, 3.63) is 107 Å². The number of benzene rings is 3. The van der Waals surface area contributed by atoms with Crippen molar-refractivity contribution in [3.63, 3.8) is 0 Å². The minimum Gasteiger partial charge on any atom is -0.485 e. The highest BCUT2D eigenvalue weighted by Gasteiger charge is 2.34. The van der Waals surface area contributed by atoms with E-state index in [1.165, 1.54) is 18.2 Å². The molecule has 0 spiro atoms. The summed E-state index contributed by atoms with van der Waals surface area (Å²) in [6.07, 6.45) is 1.49. The van der Waals surface area contributed by atoms with Gasteiger partial charge in [0.15, 0.2) is 17.5 Å². The normalized spacial score (nSPS) is 15.4. The van der Waals surface area contributed by atoms with Gasteiger partial charge in [0.1, 0.15) is 18.2 Å². The van der Waals surface area contributed by atoms with Crippen LogP contribution in [0.5, 0.6) is 5.75 Å². The van der Waals surface area contributed by atoms with E-state index in [0.29, 0.717) is 24.5 Å². The topological polar surface area (TPSA) is 60.2 Å². The van der Waals surface area contributed by atoms with Gasteiger partial charge in [0.25, 0.3) is 5.91 Å². The molecule has 0 radical (unpaired) electrons. The zero-order valence-corrected chi connectivity index (χ0v) is 18.6. The lowest BCUT2D eigenvalue weighted by atomic mass is 10.0. The van der Waals surface area contributed by atoms with Gasteiger partial charge in [0, 0.05) is 18.3 Å². The lowest BCUT2D eigenvalue weighted by molar-refractivity contribution is 0.0720. The van der Waals surface area contributed by atoms with Crippen molar-refractivity contribution in [2.24, 2.45) is 0 Å². The second-order valence-corrected chi connectivity index (χ2v) is 8.19. The summed E-state index contributed by atoms with van der Waals surface area (Å²) in [6, 6.07) is 18.3. The molecule has 2 heterocycles. The molecule has 178 valence electrons. The van der Waals surface area contributed by atoms with E-state index in [4.69, 9.17) is 4.74 Å². The van der Waals surface area contributed by atoms with Crippen molar-refractivity contribution >= 4 is 5.91 Å². The molecule has 0 N–H and O–H groups in total. The number of amides is 1. The molecule has 1 saturated heterocycles. The lowest BCUT2D eigenvalue weighted by Gasteiger charge is -2.25. The number of carbonyl (C=O) groups is 1. The summed E-state index contributed by atoms with van der Waals surface area (Å²) in [6.45, 7) is 0.371. The Bertz CT molecular complexity index is 1360. The highest BCUT2D eigenvalue weighted by Crippen LogP contribution is 2.33. The molecule has 3 aromatic carbocycles. The Morgan fingerprint density at radius 1 is 0.943 bits per heavy atom. The second-order valence-electron chi connectivity index (χ2n) is 8.19. The summed E-state index contributed by atoms with van der Waals surface area (Å²) in [4.78, 5) is 15.3. The Balaban J connectivity index is 1.47. The first-order chi connectivity index (χ1) is 17.0. The van der Waals surface area contributed by atoms with Crippen LogP contribution < -0.4 is 4.74 Å². The van der Waals surface area contributed by atoms with Crippen LogP contribution in [-0.2, 0) is 6.61 Å². The maximum Gasteiger partial charge on any atom is 0.292 e. The van der Waals surface area contributed by atoms with Gasteiger partial charge in [-0.15, -0.1) is 10.2 Å². The third-order valence-corrected chi connectivity index (χ3v) is 5.94. The predicted octanol–water partition coefficient (Wildman–Crippen LogP) is 5.24. The number of hydrogen-bond donors (Lipinski definition) is 0. The minimum atomic E-state index is -1.03. The fourth-order valence-electron chi connectivity index (χ4n) is 4.31. The number of para-hydroxylation sites is 1. The van der Waals surface area contributed by atoms with Gasteiger partial charge >= 0.3 is 0 Å². The van der Waals surface area contributed by atoms with E-state index in [0.717, 1.165) is 24.1 Å². The zero-order chi connectivity index (χ0) is 24.4. The van der Waals surface area contributed by atoms with Crippen LogP contribution >= 0.6 is 0 Å². The van der Waals surface area contributed by atoms with Crippen molar-refractivity contribution in [1.29, 1.82) is 0 Å². The predicted molar refractivity (Wildman–Crippen MR) is 121 cm³/mol. The van der Waals surface area contributed by atoms with E-state index in [-0.39, 0.29) is 35.9 Å². The molecule has 1 atom stereocenters. The summed E-state index contributed by atoms with van der Waals surface area (Å²) in [5, 5.41) is 8.32. The Hall–Kier alpha value is -4.14. The van der Waals surface area contributed by atoms with Gasteiger partial charge in [0.2, 0.25) is 5.82 Å². The number of rotatable bonds is 6. The zero-order valence-electron chi connectivity index (χ0n) is 18.6. The Morgan fingerprint density at radius 2 is 1.77 bits per heavy atom. The minimum absolute atomic E-state index is 0.0865. The summed E-state index contributed by atoms with van der Waals surface area (Å²) >= 11 is 0. The van der Waals surface area contributed by atoms with Gasteiger partial charge in [0.05, 0.1) is 6.04 Å². The number of aromatic nitrogens is 3. The third-order valence-electron chi connectivity index (χ3n) is 5.94. The summed E-state index contributed by atoms with van der Waals surface area (Å²) < 4.78 is 47.9. The van der Waals surface area contributed by atoms with Crippen LogP contribution in [0.2, 0.25) is 0 Å². The van der Waals surface area contributed by atoms with E-state index in [2.05, 4.69) is 10.2 Å². The van der Waals surface area contributed by atoms with Crippen LogP contribution in [0.25, 0.3) is 5.69 Å². The van der Waals surface area contributed by atoms with Crippen molar-refractivity contribution in [2.45, 2.75) is 25.5 Å². The molecule has 0 unspecified atom stereocenters. The molecule has 1 aliphatic rings. The molecule has 35 heavy (non-hydrogen) atoms. The van der Waals surface area contributed by atoms with Crippen LogP contribution in [0, 0.1) is 17.5 Å². The molecule has 1 amide bonds. The van der Waals surface area contributed by atoms with E-state index >= 15 is 0 Å². The Morgan fingerprint density at radius 3 is 2.54 bits per heavy atom. The highest BCUT2D eigenvalue weighted by atomic mass is 19.2. The van der Waals surface area contributed by atoms with Crippen LogP contribution in [0.1, 0.15) is 40.9 Å². The second kappa shape index (κ2) is 9.61. The quantitative estimate of drug-likeness (QED) is 0.380. The van der Waals surface area contributed by atoms with Crippen molar-refractivity contribution < 1.29 is 22.7 Å². The summed E-state index contributed by atoms with van der Waals surface area (Å²) in [5.41, 5.74) is 1.37. The standard InChI is InChI=1S/C26H21F3N4O2/c27-18-7-4-6-17(14-18)23-10-5-13-32(23)26(34)25-31-30-24(33(25)19-8-2-1-3-9-19)16-35-20-11-12-21(28)22(29)15-20/h1-4,6-9,11-12,14-15,23H,5,10,13,16H2/t23-/m1/s1. The number of carbonyl (C=O) groups excluding carboxylic acids is 1. The van der Waals surface area contributed by atoms with Gasteiger partial charge in [-0.1, -0.05) is 30.3 Å². The number of ether oxygens (including phenoxy) is 1. The number of nitrogens with zero attached hydrogens (tertiary/aromatic N) is 4. The molecular weight excluding hydrogens is 457 g/mol. The van der Waals surface area contributed by atoms with Gasteiger partial charge in [-0.05, 0) is 54.8 Å². The molecule has 1 fully saturated rings. The molecule has 9 heteroatoms. The Labute approximate surface area is 199 Å². The molecule has 0 bridgehead atoms. The van der Waals surface area contributed by atoms with Gasteiger partial charge < -0.3 is 9.64 Å². The van der Waals surface area contributed by atoms with Crippen LogP contribution in [0.15, 0.2) is 72.8 Å². The average molecular weight is 478 g/mol. The SMILES string of the molecule is O=C(c1nnc(COc2ccc(F)c(F)c2)n1-c1ccccc1)N1CCC[C@@H]1c1cccc(F)c1. The third kappa shape index (κ3) is 4.62. The summed E-state index contributed by atoms with van der Waals surface area (Å²) in [5.74, 6) is -2.19. The van der Waals surface area contributed by atoms with Crippen LogP contribution in [-0.4, -0.2) is 32.1 Å². The smallest absolute Gasteiger partial charge is 0.292 e. The maximum absolute atomic E-state index is 13.8. The van der Waals surface area contributed by atoms with E-state index in [9.17, 15) is 18.0 Å². The molecule has 5 rings (SSSR count). The van der Waals surface area contributed by atoms with Crippen LogP contribution in [0.3, 0.4) is 0 Å². The van der Waals surface area contributed by atoms with Crippen LogP contribution in [0.4, 0.5) is 13.2 Å². The number of likely N-dealkylation sites (tertiary alicyclic amines) is 1. The highest BCUT2D eigenvalue weighted by molar-refractivity contribution is 5.92. The first-order valence-electron chi connectivity index (χ1n) is 11.2. The van der Waals surface area contributed by atoms with Crippen molar-refractivity contribution in [1.82, 2.24) is 19.7 Å². The lowest BCUT2D eigenvalue weighted by Crippen LogP contribution is -2.32. The Kier molecular flexibility index (Phi) is 6.22. The van der Waals surface area contributed by atoms with E-state index < -0.39 is 11.6 Å². The maximum atomic E-state index is 13.8. The molecule has 0 aliphatic carbocycles. The van der Waals surface area contributed by atoms with Gasteiger partial charge in [-0.2, -0.15) is 0 Å². The van der Waals surface area contributed by atoms with Crippen molar-refractivity contribution in [2.75, 3.05) is 6.54 Å². The number of hydrogen-bond acceptors (Lipinski definition) is 4. The fraction of sp³-hybridized carbons (Fsp3) is 0.192. The first-order valence-corrected chi connectivity index (χ1v) is 11.2. The molecule has 4 aromatic rings. The van der Waals surface area contributed by atoms with Gasteiger partial charge in [-0.3, -0.25) is 9.36 Å². The molecule has 1 aliphatic heterocycles. The average Bonchev–Trinajstić information content (AvgIpc) is 3.53. The van der Waals surface area contributed by atoms with Gasteiger partial charge in [-0.25, -0.2) is 13.2 Å². The largest absolute Gasteiger partial charge is 0.485 e. The first kappa shape index (κ1) is 22.6. The summed E-state index contributed by atoms with van der Waals surface area (Å²) in [7, 11) is 0. The van der Waals surface area contributed by atoms with Crippen molar-refractivity contribution in [3.8, 4) is 11.4 Å². The molecule has 1 aromatic heterocycles. The van der Waals surface area contributed by atoms with E-state index in [1.807, 2.05) is 24.3 Å². The monoisotopic (exact) mass is 478 g/mol. The van der Waals surface area contributed by atoms with E-state index in [1.54, 1.807) is 27.7 Å². The molecular formula is C26H21F3N4O2. The number of halogens is 3. The molecule has 6 nitrogen and oxygen atoms in total. The fourth-order valence-corrected chi connectivity index (χ4v) is 4.31. The molecule has 0 saturated carbocycles.